The van der Waals surface area contributed by atoms with Crippen molar-refractivity contribution in [3.05, 3.63) is 47.7 Å². The van der Waals surface area contributed by atoms with Gasteiger partial charge in [-0.25, -0.2) is 9.78 Å². The van der Waals surface area contributed by atoms with Crippen LogP contribution in [0.2, 0.25) is 0 Å². The van der Waals surface area contributed by atoms with Crippen molar-refractivity contribution in [1.29, 1.82) is 0 Å². The number of rotatable bonds is 2. The molecule has 1 N–H and O–H groups in total. The average molecular weight is 433 g/mol. The number of piperazine rings is 1. The second-order valence-corrected chi connectivity index (χ2v) is 8.16. The van der Waals surface area contributed by atoms with Gasteiger partial charge >= 0.3 is 12.2 Å². The lowest BCUT2D eigenvalue weighted by molar-refractivity contribution is -0.137. The first kappa shape index (κ1) is 21.3. The van der Waals surface area contributed by atoms with Crippen molar-refractivity contribution in [2.45, 2.75) is 32.0 Å². The Kier molecular flexibility index (Phi) is 5.68. The minimum absolute atomic E-state index is 0.0837. The van der Waals surface area contributed by atoms with Gasteiger partial charge in [0.1, 0.15) is 5.82 Å². The Hall–Kier alpha value is -2.97. The van der Waals surface area contributed by atoms with E-state index in [0.29, 0.717) is 6.54 Å². The number of fused-ring (bicyclic) bond motifs is 1. The summed E-state index contributed by atoms with van der Waals surface area (Å²) >= 11 is 0. The van der Waals surface area contributed by atoms with Gasteiger partial charge in [0.05, 0.1) is 5.56 Å². The number of anilines is 3. The van der Waals surface area contributed by atoms with Gasteiger partial charge in [0.2, 0.25) is 0 Å². The molecule has 1 fully saturated rings. The monoisotopic (exact) mass is 433 g/mol. The molecule has 2 amide bonds. The molecule has 1 aromatic heterocycles. The van der Waals surface area contributed by atoms with Crippen molar-refractivity contribution in [2.24, 2.45) is 0 Å². The van der Waals surface area contributed by atoms with Crippen LogP contribution in [0.3, 0.4) is 0 Å². The quantitative estimate of drug-likeness (QED) is 0.770. The van der Waals surface area contributed by atoms with Gasteiger partial charge < -0.3 is 20.0 Å². The number of carbonyl (C=O) groups excluding carboxylic acids is 1. The van der Waals surface area contributed by atoms with Gasteiger partial charge in [-0.1, -0.05) is 6.07 Å². The summed E-state index contributed by atoms with van der Waals surface area (Å²) in [7, 11) is 2.04. The van der Waals surface area contributed by atoms with Crippen LogP contribution in [-0.2, 0) is 12.6 Å². The molecule has 0 saturated carbocycles. The molecule has 0 radical (unpaired) electrons. The van der Waals surface area contributed by atoms with E-state index >= 15 is 0 Å². The molecule has 1 atom stereocenters. The highest BCUT2D eigenvalue weighted by Crippen LogP contribution is 2.36. The molecule has 3 heterocycles. The summed E-state index contributed by atoms with van der Waals surface area (Å²) in [6.45, 7) is 3.69. The highest BCUT2D eigenvalue weighted by Gasteiger charge is 2.37. The predicted octanol–water partition coefficient (Wildman–Crippen LogP) is 4.23. The van der Waals surface area contributed by atoms with Crippen molar-refractivity contribution in [3.63, 3.8) is 0 Å². The molecule has 9 heteroatoms. The molecule has 2 aliphatic rings. The van der Waals surface area contributed by atoms with Crippen molar-refractivity contribution >= 4 is 23.2 Å². The van der Waals surface area contributed by atoms with Crippen LogP contribution in [0.5, 0.6) is 0 Å². The van der Waals surface area contributed by atoms with Crippen LogP contribution in [0.4, 0.5) is 35.2 Å². The van der Waals surface area contributed by atoms with Crippen LogP contribution >= 0.6 is 0 Å². The lowest BCUT2D eigenvalue weighted by Crippen LogP contribution is -2.55. The molecule has 2 aliphatic heterocycles. The number of pyridine rings is 1. The highest BCUT2D eigenvalue weighted by atomic mass is 19.4. The summed E-state index contributed by atoms with van der Waals surface area (Å²) in [6.07, 6.45) is -0.966. The minimum atomic E-state index is -4.47. The van der Waals surface area contributed by atoms with E-state index in [1.807, 2.05) is 32.2 Å². The fourth-order valence-corrected chi connectivity index (χ4v) is 4.35. The maximum Gasteiger partial charge on any atom is 0.419 e. The highest BCUT2D eigenvalue weighted by molar-refractivity contribution is 5.90. The van der Waals surface area contributed by atoms with Gasteiger partial charge in [0.15, 0.2) is 0 Å². The number of urea groups is 1. The SMILES string of the molecule is C[C@@H]1CN(c2ncccc2C(F)(F)F)CCN1C(=O)Nc1ccc2c(c1)N(C)CCC2. The van der Waals surface area contributed by atoms with Crippen LogP contribution < -0.4 is 15.1 Å². The Balaban J connectivity index is 1.44. The van der Waals surface area contributed by atoms with E-state index in [9.17, 15) is 18.0 Å². The van der Waals surface area contributed by atoms with Crippen molar-refractivity contribution < 1.29 is 18.0 Å². The molecule has 1 aromatic carbocycles. The van der Waals surface area contributed by atoms with Crippen LogP contribution in [0.1, 0.15) is 24.5 Å². The normalized spacial score (nSPS) is 19.3. The van der Waals surface area contributed by atoms with Gasteiger partial charge in [0, 0.05) is 56.8 Å². The third-order valence-electron chi connectivity index (χ3n) is 5.97. The van der Waals surface area contributed by atoms with Crippen molar-refractivity contribution in [2.75, 3.05) is 48.3 Å². The summed E-state index contributed by atoms with van der Waals surface area (Å²) < 4.78 is 40.1. The van der Waals surface area contributed by atoms with E-state index in [1.165, 1.54) is 17.8 Å². The van der Waals surface area contributed by atoms with Gasteiger partial charge in [0.25, 0.3) is 0 Å². The predicted molar refractivity (Wildman–Crippen MR) is 115 cm³/mol. The topological polar surface area (TPSA) is 51.7 Å². The van der Waals surface area contributed by atoms with E-state index in [0.717, 1.165) is 36.8 Å². The largest absolute Gasteiger partial charge is 0.419 e. The maximum absolute atomic E-state index is 13.4. The number of aryl methyl sites for hydroxylation is 1. The van der Waals surface area contributed by atoms with E-state index < -0.39 is 11.7 Å². The van der Waals surface area contributed by atoms with E-state index in [-0.39, 0.29) is 31.0 Å². The molecule has 0 bridgehead atoms. The lowest BCUT2D eigenvalue weighted by Gasteiger charge is -2.41. The Morgan fingerprint density at radius 3 is 2.74 bits per heavy atom. The number of alkyl halides is 3. The molecule has 166 valence electrons. The number of nitrogens with zero attached hydrogens (tertiary/aromatic N) is 4. The average Bonchev–Trinajstić information content (AvgIpc) is 2.73. The number of aromatic nitrogens is 1. The first-order valence-electron chi connectivity index (χ1n) is 10.4. The van der Waals surface area contributed by atoms with Gasteiger partial charge in [-0.2, -0.15) is 13.2 Å². The molecule has 6 nitrogen and oxygen atoms in total. The smallest absolute Gasteiger partial charge is 0.374 e. The number of benzene rings is 1. The summed E-state index contributed by atoms with van der Waals surface area (Å²) in [5.41, 5.74) is 2.36. The third-order valence-corrected chi connectivity index (χ3v) is 5.97. The molecule has 0 unspecified atom stereocenters. The number of nitrogens with one attached hydrogen (secondary N) is 1. The fraction of sp³-hybridized carbons (Fsp3) is 0.455. The van der Waals surface area contributed by atoms with Crippen molar-refractivity contribution in [1.82, 2.24) is 9.88 Å². The number of hydrogen-bond donors (Lipinski definition) is 1. The van der Waals surface area contributed by atoms with Gasteiger partial charge in [-0.3, -0.25) is 0 Å². The number of amides is 2. The number of halogens is 3. The Morgan fingerprint density at radius 1 is 1.19 bits per heavy atom. The van der Waals surface area contributed by atoms with Crippen LogP contribution in [-0.4, -0.2) is 55.2 Å². The van der Waals surface area contributed by atoms with E-state index in [4.69, 9.17) is 0 Å². The maximum atomic E-state index is 13.4. The molecule has 1 saturated heterocycles. The van der Waals surface area contributed by atoms with Gasteiger partial charge in [-0.15, -0.1) is 0 Å². The zero-order valence-corrected chi connectivity index (χ0v) is 17.6. The Morgan fingerprint density at radius 2 is 2.00 bits per heavy atom. The second kappa shape index (κ2) is 8.28. The molecular formula is C22H26F3N5O. The second-order valence-electron chi connectivity index (χ2n) is 8.16. The van der Waals surface area contributed by atoms with E-state index in [1.54, 1.807) is 9.80 Å². The zero-order valence-electron chi connectivity index (χ0n) is 17.6. The molecule has 0 spiro atoms. The summed E-state index contributed by atoms with van der Waals surface area (Å²) in [5, 5.41) is 2.95. The van der Waals surface area contributed by atoms with Crippen LogP contribution in [0, 0.1) is 0 Å². The van der Waals surface area contributed by atoms with E-state index in [2.05, 4.69) is 15.2 Å². The summed E-state index contributed by atoms with van der Waals surface area (Å²) in [6, 6.07) is 7.74. The van der Waals surface area contributed by atoms with Crippen LogP contribution in [0.25, 0.3) is 0 Å². The third kappa shape index (κ3) is 4.40. The summed E-state index contributed by atoms with van der Waals surface area (Å²) in [4.78, 5) is 22.3. The Bertz CT molecular complexity index is 964. The first-order valence-corrected chi connectivity index (χ1v) is 10.4. The lowest BCUT2D eigenvalue weighted by atomic mass is 10.0. The van der Waals surface area contributed by atoms with Crippen molar-refractivity contribution in [3.8, 4) is 0 Å². The number of hydrogen-bond acceptors (Lipinski definition) is 4. The molecule has 31 heavy (non-hydrogen) atoms. The van der Waals surface area contributed by atoms with Crippen LogP contribution in [0.15, 0.2) is 36.5 Å². The molecule has 4 rings (SSSR count). The zero-order chi connectivity index (χ0) is 22.2. The van der Waals surface area contributed by atoms with Gasteiger partial charge in [-0.05, 0) is 49.6 Å². The fourth-order valence-electron chi connectivity index (χ4n) is 4.35. The molecule has 0 aliphatic carbocycles. The summed E-state index contributed by atoms with van der Waals surface area (Å²) in [5.74, 6) is -0.0837. The first-order chi connectivity index (χ1) is 14.7. The molecule has 2 aromatic rings. The molecular weight excluding hydrogens is 407 g/mol. The Labute approximate surface area is 179 Å². The standard InChI is InChI=1S/C22H26F3N5O/c1-15-14-29(20-18(22(23,24)25)6-3-9-26-20)11-12-30(15)21(31)27-17-8-7-16-5-4-10-28(2)19(16)13-17/h3,6-9,13,15H,4-5,10-12,14H2,1-2H3,(H,27,31)/t15-/m1/s1. The number of carbonyl (C=O) groups is 1. The minimum Gasteiger partial charge on any atom is -0.374 e.